The van der Waals surface area contributed by atoms with Crippen LogP contribution in [0.1, 0.15) is 40.3 Å². The number of H-pyrrole nitrogens is 2. The molecule has 69 heavy (non-hydrogen) atoms. The van der Waals surface area contributed by atoms with E-state index in [0.717, 1.165) is 84.0 Å². The van der Waals surface area contributed by atoms with Gasteiger partial charge >= 0.3 is 5.92 Å². The van der Waals surface area contributed by atoms with Gasteiger partial charge in [-0.1, -0.05) is 144 Å². The van der Waals surface area contributed by atoms with Gasteiger partial charge in [0.15, 0.2) is 5.01 Å². The molecule has 9 nitrogen and oxygen atoms in total. The van der Waals surface area contributed by atoms with E-state index in [-0.39, 0.29) is 15.8 Å². The summed E-state index contributed by atoms with van der Waals surface area (Å²) in [6.45, 7) is 1.24. The number of allylic oxidation sites excluding steroid dienone is 1. The molecule has 6 heterocycles. The molecular formula is C56H37ClF2N8OS. The monoisotopic (exact) mass is 942 g/mol. The van der Waals surface area contributed by atoms with Crippen molar-refractivity contribution in [3.8, 4) is 44.5 Å². The highest BCUT2D eigenvalue weighted by molar-refractivity contribution is 7.15. The van der Waals surface area contributed by atoms with Crippen LogP contribution in [0.3, 0.4) is 0 Å². The average molecular weight is 943 g/mol. The van der Waals surface area contributed by atoms with E-state index in [2.05, 4.69) is 80.1 Å². The number of rotatable bonds is 9. The number of fused-ring (bicyclic) bond motifs is 8. The van der Waals surface area contributed by atoms with Crippen LogP contribution >= 0.6 is 22.9 Å². The van der Waals surface area contributed by atoms with Gasteiger partial charge in [0.25, 0.3) is 0 Å². The summed E-state index contributed by atoms with van der Waals surface area (Å²) < 4.78 is 32.6. The number of hydrogen-bond acceptors (Lipinski definition) is 7. The SMILES string of the molecule is CC(=O)Nc1ccc(Cl)cc1C(F)(F)c1nnc(/N=C\C2=Cc3nc2c(-c2ccccc2)c2ccc([nH]2)c(-c2ccccc2)c2nc(c(-c4ccccc4)c4ccc([nH]4)c3-c3ccccc3)C=C2)s1. The van der Waals surface area contributed by atoms with Crippen LogP contribution < -0.4 is 5.32 Å². The van der Waals surface area contributed by atoms with Crippen molar-refractivity contribution < 1.29 is 13.6 Å². The lowest BCUT2D eigenvalue weighted by Crippen LogP contribution is -2.19. The quantitative estimate of drug-likeness (QED) is 0.124. The molecule has 2 aliphatic heterocycles. The number of hydrogen-bond donors (Lipinski definition) is 3. The molecule has 9 aromatic rings. The molecule has 5 aromatic carbocycles. The molecule has 2 aliphatic rings. The lowest BCUT2D eigenvalue weighted by atomic mass is 10.00. The highest BCUT2D eigenvalue weighted by atomic mass is 35.5. The summed E-state index contributed by atoms with van der Waals surface area (Å²) in [6, 6.07) is 52.5. The van der Waals surface area contributed by atoms with Crippen molar-refractivity contribution in [1.29, 1.82) is 0 Å². The molecule has 334 valence electrons. The van der Waals surface area contributed by atoms with E-state index in [1.54, 1.807) is 6.21 Å². The van der Waals surface area contributed by atoms with Gasteiger partial charge in [0.05, 0.1) is 34.0 Å². The fourth-order valence-corrected chi connectivity index (χ4v) is 9.60. The molecule has 0 saturated carbocycles. The van der Waals surface area contributed by atoms with E-state index in [0.29, 0.717) is 28.3 Å². The number of carbonyl (C=O) groups excluding carboxylic acids is 1. The normalized spacial score (nSPS) is 12.4. The second-order valence-electron chi connectivity index (χ2n) is 16.3. The van der Waals surface area contributed by atoms with Gasteiger partial charge in [0.2, 0.25) is 11.0 Å². The summed E-state index contributed by atoms with van der Waals surface area (Å²) in [4.78, 5) is 35.1. The van der Waals surface area contributed by atoms with Crippen molar-refractivity contribution in [2.75, 3.05) is 5.32 Å². The number of halogens is 3. The first-order valence-corrected chi connectivity index (χ1v) is 23.1. The van der Waals surface area contributed by atoms with Crippen LogP contribution in [0.15, 0.2) is 169 Å². The number of anilines is 1. The Labute approximate surface area is 403 Å². The number of nitrogens with zero attached hydrogens (tertiary/aromatic N) is 5. The summed E-state index contributed by atoms with van der Waals surface area (Å²) in [7, 11) is 0. The summed E-state index contributed by atoms with van der Waals surface area (Å²) in [5, 5.41) is 9.90. The molecule has 8 bridgehead atoms. The fourth-order valence-electron chi connectivity index (χ4n) is 8.75. The lowest BCUT2D eigenvalue weighted by molar-refractivity contribution is -0.114. The largest absolute Gasteiger partial charge is 0.354 e. The van der Waals surface area contributed by atoms with Crippen LogP contribution in [0, 0.1) is 0 Å². The fraction of sp³-hybridized carbons (Fsp3) is 0.0357. The van der Waals surface area contributed by atoms with Gasteiger partial charge in [0, 0.05) is 68.1 Å². The van der Waals surface area contributed by atoms with Gasteiger partial charge in [-0.15, -0.1) is 10.2 Å². The minimum Gasteiger partial charge on any atom is -0.354 e. The van der Waals surface area contributed by atoms with E-state index < -0.39 is 22.4 Å². The second-order valence-corrected chi connectivity index (χ2v) is 17.7. The van der Waals surface area contributed by atoms with Gasteiger partial charge in [-0.25, -0.2) is 15.0 Å². The first-order valence-electron chi connectivity index (χ1n) is 21.9. The van der Waals surface area contributed by atoms with Crippen molar-refractivity contribution in [3.63, 3.8) is 0 Å². The number of aromatic amines is 2. The summed E-state index contributed by atoms with van der Waals surface area (Å²) in [5.74, 6) is -4.18. The zero-order chi connectivity index (χ0) is 47.1. The summed E-state index contributed by atoms with van der Waals surface area (Å²) >= 11 is 6.81. The molecule has 0 atom stereocenters. The summed E-state index contributed by atoms with van der Waals surface area (Å²) in [6.07, 6.45) is 7.70. The predicted molar refractivity (Wildman–Crippen MR) is 276 cm³/mol. The van der Waals surface area contributed by atoms with Gasteiger partial charge in [-0.2, -0.15) is 8.78 Å². The van der Waals surface area contributed by atoms with Crippen LogP contribution in [-0.4, -0.2) is 42.3 Å². The molecule has 3 N–H and O–H groups in total. The standard InChI is InChI=1S/C56H37ClF2N8OS/c1-33(68)61-41-23-22-39(57)31-40(41)56(58,59)54-66-67-55(69-54)60-32-38-30-48-51(36-18-10-4-11-19-36)46-27-26-44(63-46)49(34-14-6-2-7-15-34)42-24-25-43(62-42)50(35-16-8-3-9-17-35)45-28-29-47(64-45)52(53(38)65-48)37-20-12-5-13-21-37/h2-32,63-64H,1H3,(H,61,68)/b49-42?,49-44?,50-43?,50-45?,51-46?,51-48?,52-47?,53-52?,60-32-. The van der Waals surface area contributed by atoms with E-state index in [1.165, 1.54) is 19.1 Å². The number of amides is 1. The number of aliphatic imine (C=N–C) groups is 1. The van der Waals surface area contributed by atoms with Gasteiger partial charge < -0.3 is 15.3 Å². The molecule has 0 aliphatic carbocycles. The highest BCUT2D eigenvalue weighted by Crippen LogP contribution is 2.44. The zero-order valence-electron chi connectivity index (χ0n) is 36.6. The Hall–Kier alpha value is -8.45. The van der Waals surface area contributed by atoms with E-state index in [9.17, 15) is 4.79 Å². The highest BCUT2D eigenvalue weighted by Gasteiger charge is 2.41. The maximum Gasteiger partial charge on any atom is 0.328 e. The zero-order valence-corrected chi connectivity index (χ0v) is 38.2. The Balaban J connectivity index is 1.19. The van der Waals surface area contributed by atoms with Crippen LogP contribution in [-0.2, 0) is 10.7 Å². The number of benzene rings is 5. The molecule has 1 amide bonds. The average Bonchev–Trinajstić information content (AvgIpc) is 4.24. The Morgan fingerprint density at radius 2 is 1.10 bits per heavy atom. The van der Waals surface area contributed by atoms with E-state index in [1.807, 2.05) is 109 Å². The molecule has 0 fully saturated rings. The number of carbonyl (C=O) groups is 1. The van der Waals surface area contributed by atoms with Crippen LogP contribution in [0.2, 0.25) is 5.02 Å². The van der Waals surface area contributed by atoms with Crippen molar-refractivity contribution >= 4 is 91.7 Å². The summed E-state index contributed by atoms with van der Waals surface area (Å²) in [5.41, 5.74) is 13.3. The molecule has 11 rings (SSSR count). The van der Waals surface area contributed by atoms with Gasteiger partial charge in [-0.05, 0) is 82.9 Å². The minimum absolute atomic E-state index is 0.0166. The third-order valence-electron chi connectivity index (χ3n) is 11.8. The topological polar surface area (TPSA) is 125 Å². The number of nitrogens with one attached hydrogen (secondary N) is 3. The van der Waals surface area contributed by atoms with Crippen molar-refractivity contribution in [2.24, 2.45) is 4.99 Å². The smallest absolute Gasteiger partial charge is 0.328 e. The third kappa shape index (κ3) is 8.37. The van der Waals surface area contributed by atoms with Crippen molar-refractivity contribution in [3.05, 3.63) is 202 Å². The molecule has 4 aromatic heterocycles. The van der Waals surface area contributed by atoms with Crippen LogP contribution in [0.4, 0.5) is 19.6 Å². The van der Waals surface area contributed by atoms with Crippen molar-refractivity contribution in [1.82, 2.24) is 30.1 Å². The second kappa shape index (κ2) is 18.0. The Morgan fingerprint density at radius 3 is 1.61 bits per heavy atom. The van der Waals surface area contributed by atoms with Crippen molar-refractivity contribution in [2.45, 2.75) is 12.8 Å². The predicted octanol–water partition coefficient (Wildman–Crippen LogP) is 14.7. The Bertz CT molecular complexity index is 3720. The third-order valence-corrected chi connectivity index (χ3v) is 12.9. The molecule has 13 heteroatoms. The van der Waals surface area contributed by atoms with E-state index in [4.69, 9.17) is 26.6 Å². The molecule has 0 spiro atoms. The first kappa shape index (κ1) is 43.1. The first-order chi connectivity index (χ1) is 33.7. The van der Waals surface area contributed by atoms with E-state index >= 15 is 8.78 Å². The Morgan fingerprint density at radius 1 is 0.623 bits per heavy atom. The minimum atomic E-state index is -3.67. The van der Waals surface area contributed by atoms with Gasteiger partial charge in [-0.3, -0.25) is 4.79 Å². The Kier molecular flexibility index (Phi) is 11.2. The van der Waals surface area contributed by atoms with Crippen LogP contribution in [0.5, 0.6) is 0 Å². The molecule has 0 saturated heterocycles. The maximum atomic E-state index is 16.3. The van der Waals surface area contributed by atoms with Gasteiger partial charge in [0.1, 0.15) is 0 Å². The lowest BCUT2D eigenvalue weighted by Gasteiger charge is -2.18. The number of alkyl halides is 2. The number of aromatic nitrogens is 6. The molecule has 0 radical (unpaired) electrons. The molecule has 0 unspecified atom stereocenters. The molecular weight excluding hydrogens is 906 g/mol. The van der Waals surface area contributed by atoms with Crippen LogP contribution in [0.25, 0.3) is 90.4 Å². The maximum absolute atomic E-state index is 16.3.